The highest BCUT2D eigenvalue weighted by atomic mass is 19.4. The molecule has 5 rings (SSSR count). The molecule has 9 heteroatoms. The van der Waals surface area contributed by atoms with Gasteiger partial charge in [0.25, 0.3) is 0 Å². The van der Waals surface area contributed by atoms with E-state index in [0.29, 0.717) is 23.8 Å². The number of Topliss-reactive ketones (excluding diaryl/α,β-unsaturated/α-hetero) is 1. The average Bonchev–Trinajstić information content (AvgIpc) is 3.43. The van der Waals surface area contributed by atoms with Gasteiger partial charge in [-0.2, -0.15) is 23.4 Å². The molecule has 0 fully saturated rings. The molecule has 2 aromatic carbocycles. The molecule has 1 N–H and O–H groups in total. The number of aldehydes is 1. The first kappa shape index (κ1) is 21.8. The van der Waals surface area contributed by atoms with Crippen molar-refractivity contribution < 1.29 is 22.8 Å². The highest BCUT2D eigenvalue weighted by Gasteiger charge is 2.34. The molecule has 0 aliphatic carbocycles. The summed E-state index contributed by atoms with van der Waals surface area (Å²) in [6.07, 6.45) is -1.65. The van der Waals surface area contributed by atoms with Gasteiger partial charge in [-0.3, -0.25) is 19.4 Å². The smallest absolute Gasteiger partial charge is 0.296 e. The second-order valence-corrected chi connectivity index (χ2v) is 8.41. The minimum Gasteiger partial charge on any atom is -0.296 e. The van der Waals surface area contributed by atoms with E-state index in [1.165, 1.54) is 12.1 Å². The van der Waals surface area contributed by atoms with Crippen molar-refractivity contribution in [1.29, 1.82) is 0 Å². The monoisotopic (exact) mass is 464 g/mol. The summed E-state index contributed by atoms with van der Waals surface area (Å²) >= 11 is 0. The van der Waals surface area contributed by atoms with Gasteiger partial charge in [0.1, 0.15) is 11.7 Å². The van der Waals surface area contributed by atoms with E-state index in [-0.39, 0.29) is 17.9 Å². The van der Waals surface area contributed by atoms with E-state index >= 15 is 0 Å². The number of nitrogens with zero attached hydrogens (tertiary/aromatic N) is 3. The Hall–Kier alpha value is -4.01. The Balaban J connectivity index is 1.56. The highest BCUT2D eigenvalue weighted by molar-refractivity contribution is 5.99. The van der Waals surface area contributed by atoms with Crippen LogP contribution >= 0.6 is 0 Å². The first-order chi connectivity index (χ1) is 16.2. The van der Waals surface area contributed by atoms with E-state index in [0.717, 1.165) is 39.9 Å². The Morgan fingerprint density at radius 1 is 1.18 bits per heavy atom. The minimum atomic E-state index is -4.47. The fourth-order valence-corrected chi connectivity index (χ4v) is 4.53. The predicted molar refractivity (Wildman–Crippen MR) is 118 cm³/mol. The van der Waals surface area contributed by atoms with Crippen molar-refractivity contribution >= 4 is 23.0 Å². The molecule has 34 heavy (non-hydrogen) atoms. The molecule has 0 radical (unpaired) electrons. The Labute approximate surface area is 192 Å². The van der Waals surface area contributed by atoms with E-state index in [1.54, 1.807) is 16.9 Å². The lowest BCUT2D eigenvalue weighted by Gasteiger charge is -2.29. The van der Waals surface area contributed by atoms with Gasteiger partial charge in [0.05, 0.1) is 17.3 Å². The number of halogens is 3. The molecule has 1 atom stereocenters. The second kappa shape index (κ2) is 8.09. The van der Waals surface area contributed by atoms with Crippen LogP contribution in [0.1, 0.15) is 45.8 Å². The number of carbonyl (C=O) groups excluding carboxylic acids is 2. The summed E-state index contributed by atoms with van der Waals surface area (Å²) in [5.74, 6) is -0.154. The van der Waals surface area contributed by atoms with Crippen molar-refractivity contribution in [2.45, 2.75) is 32.0 Å². The van der Waals surface area contributed by atoms with Gasteiger partial charge >= 0.3 is 6.18 Å². The maximum Gasteiger partial charge on any atom is 0.416 e. The average molecular weight is 464 g/mol. The van der Waals surface area contributed by atoms with Crippen LogP contribution in [0.3, 0.4) is 0 Å². The molecule has 2 aromatic heterocycles. The van der Waals surface area contributed by atoms with Gasteiger partial charge in [0.15, 0.2) is 12.1 Å². The van der Waals surface area contributed by atoms with Crippen LogP contribution in [0.2, 0.25) is 0 Å². The third-order valence-corrected chi connectivity index (χ3v) is 6.10. The van der Waals surface area contributed by atoms with Crippen molar-refractivity contribution in [2.24, 2.45) is 0 Å². The number of nitrogens with one attached hydrogen (secondary N) is 1. The number of fused-ring (bicyclic) bond motifs is 2. The summed E-state index contributed by atoms with van der Waals surface area (Å²) in [7, 11) is 0. The van der Waals surface area contributed by atoms with Crippen LogP contribution < -0.4 is 0 Å². The van der Waals surface area contributed by atoms with Crippen LogP contribution in [0.15, 0.2) is 65.9 Å². The number of alkyl halides is 3. The zero-order valence-corrected chi connectivity index (χ0v) is 18.1. The number of aromatic amines is 1. The number of ketones is 1. The molecule has 1 unspecified atom stereocenters. The van der Waals surface area contributed by atoms with Crippen LogP contribution in [0.4, 0.5) is 13.2 Å². The van der Waals surface area contributed by atoms with Crippen molar-refractivity contribution in [1.82, 2.24) is 20.0 Å². The lowest BCUT2D eigenvalue weighted by molar-refractivity contribution is -0.137. The van der Waals surface area contributed by atoms with Crippen LogP contribution in [0.25, 0.3) is 10.9 Å². The molecule has 0 spiro atoms. The fourth-order valence-electron chi connectivity index (χ4n) is 4.53. The van der Waals surface area contributed by atoms with Crippen molar-refractivity contribution in [2.75, 3.05) is 0 Å². The second-order valence-electron chi connectivity index (χ2n) is 8.41. The molecule has 0 amide bonds. The molecule has 3 heterocycles. The summed E-state index contributed by atoms with van der Waals surface area (Å²) in [5.41, 5.74) is 3.56. The first-order valence-corrected chi connectivity index (χ1v) is 10.6. The molecule has 1 aliphatic rings. The Morgan fingerprint density at radius 2 is 1.94 bits per heavy atom. The summed E-state index contributed by atoms with van der Waals surface area (Å²) in [4.78, 5) is 24.9. The number of aromatic nitrogens is 4. The third-order valence-electron chi connectivity index (χ3n) is 6.10. The van der Waals surface area contributed by atoms with E-state index in [4.69, 9.17) is 0 Å². The van der Waals surface area contributed by atoms with E-state index in [1.807, 2.05) is 25.1 Å². The van der Waals surface area contributed by atoms with Gasteiger partial charge in [0.2, 0.25) is 0 Å². The third kappa shape index (κ3) is 3.83. The number of hydrogen-bond acceptors (Lipinski definition) is 4. The summed E-state index contributed by atoms with van der Waals surface area (Å²) in [5, 5.41) is 12.1. The van der Waals surface area contributed by atoms with Crippen molar-refractivity contribution in [3.63, 3.8) is 0 Å². The number of hydrogen-bond donors (Lipinski definition) is 1. The number of H-pyrrole nitrogens is 1. The standard InChI is InChI=1S/C25H19F3N4O2/c1-14-8-20-11-19(13-33)31-32(20)24(16-3-5-18(6-4-16)25(26,27)28)23(14)22(34)10-15-2-7-21-17(9-15)12-29-30-21/h2-7,9,11-13,24H,8,10H2,1H3,(H,29,30). The molecular formula is C25H19F3N4O2. The zero-order valence-electron chi connectivity index (χ0n) is 18.1. The van der Waals surface area contributed by atoms with E-state index in [9.17, 15) is 22.8 Å². The molecule has 0 saturated heterocycles. The van der Waals surface area contributed by atoms with Crippen molar-refractivity contribution in [3.8, 4) is 0 Å². The van der Waals surface area contributed by atoms with E-state index < -0.39 is 17.8 Å². The Kier molecular flexibility index (Phi) is 5.19. The van der Waals surface area contributed by atoms with Gasteiger partial charge in [-0.25, -0.2) is 0 Å². The van der Waals surface area contributed by atoms with Gasteiger partial charge in [0, 0.05) is 29.5 Å². The van der Waals surface area contributed by atoms with Gasteiger partial charge in [-0.1, -0.05) is 23.8 Å². The summed E-state index contributed by atoms with van der Waals surface area (Å²) < 4.78 is 40.9. The largest absolute Gasteiger partial charge is 0.416 e. The zero-order chi connectivity index (χ0) is 24.0. The lowest BCUT2D eigenvalue weighted by atomic mass is 9.85. The first-order valence-electron chi connectivity index (χ1n) is 10.6. The summed E-state index contributed by atoms with van der Waals surface area (Å²) in [6, 6.07) is 11.2. The Morgan fingerprint density at radius 3 is 2.65 bits per heavy atom. The maximum atomic E-state index is 13.6. The predicted octanol–water partition coefficient (Wildman–Crippen LogP) is 4.86. The summed E-state index contributed by atoms with van der Waals surface area (Å²) in [6.45, 7) is 1.83. The van der Waals surface area contributed by atoms with Crippen LogP contribution in [0.5, 0.6) is 0 Å². The number of benzene rings is 2. The number of carbonyl (C=O) groups is 2. The number of rotatable bonds is 5. The topological polar surface area (TPSA) is 80.6 Å². The van der Waals surface area contributed by atoms with Gasteiger partial charge < -0.3 is 0 Å². The van der Waals surface area contributed by atoms with Crippen LogP contribution in [-0.4, -0.2) is 32.0 Å². The van der Waals surface area contributed by atoms with Crippen molar-refractivity contribution in [3.05, 3.63) is 94.0 Å². The molecule has 0 saturated carbocycles. The lowest BCUT2D eigenvalue weighted by Crippen LogP contribution is -2.28. The molecule has 4 aromatic rings. The minimum absolute atomic E-state index is 0.113. The van der Waals surface area contributed by atoms with Crippen LogP contribution in [0, 0.1) is 0 Å². The molecular weight excluding hydrogens is 445 g/mol. The van der Waals surface area contributed by atoms with Gasteiger partial charge in [-0.05, 0) is 48.4 Å². The molecule has 0 bridgehead atoms. The molecule has 172 valence electrons. The van der Waals surface area contributed by atoms with Gasteiger partial charge in [-0.15, -0.1) is 0 Å². The van der Waals surface area contributed by atoms with E-state index in [2.05, 4.69) is 15.3 Å². The fraction of sp³-hybridized carbons (Fsp3) is 0.200. The maximum absolute atomic E-state index is 13.6. The molecule has 6 nitrogen and oxygen atoms in total. The highest BCUT2D eigenvalue weighted by Crippen LogP contribution is 2.38. The SMILES string of the molecule is CC1=C(C(=O)Cc2ccc3[nH]ncc3c2)C(c2ccc(C(F)(F)F)cc2)n2nc(C=O)cc2C1. The Bertz CT molecular complexity index is 1450. The molecule has 1 aliphatic heterocycles. The number of allylic oxidation sites excluding steroid dienone is 2. The quantitative estimate of drug-likeness (QED) is 0.428. The van der Waals surface area contributed by atoms with Crippen LogP contribution in [-0.2, 0) is 23.8 Å². The normalized spacial score (nSPS) is 16.1.